The standard InChI is InChI=1S/C14H22N4O3/c1-8(2)7-9-5-3-4-6-18(9)13(20)11-10(15)12(19)17-14(21)16-11/h8-9H,3-7,15H2,1-2H3,(H2,16,17,19,21)/t9-/m1/s1. The molecule has 1 amide bonds. The Bertz CT molecular complexity index is 632. The molecule has 1 fully saturated rings. The first-order valence-electron chi connectivity index (χ1n) is 7.33. The summed E-state index contributed by atoms with van der Waals surface area (Å²) < 4.78 is 0. The Balaban J connectivity index is 2.33. The van der Waals surface area contributed by atoms with Crippen LogP contribution in [0.15, 0.2) is 9.59 Å². The molecule has 1 aromatic heterocycles. The first kappa shape index (κ1) is 15.3. The molecule has 2 heterocycles. The van der Waals surface area contributed by atoms with E-state index in [-0.39, 0.29) is 23.3 Å². The molecular weight excluding hydrogens is 272 g/mol. The zero-order chi connectivity index (χ0) is 15.6. The van der Waals surface area contributed by atoms with Gasteiger partial charge in [0.25, 0.3) is 11.5 Å². The zero-order valence-corrected chi connectivity index (χ0v) is 12.4. The van der Waals surface area contributed by atoms with Crippen molar-refractivity contribution in [2.75, 3.05) is 12.3 Å². The quantitative estimate of drug-likeness (QED) is 0.761. The van der Waals surface area contributed by atoms with Gasteiger partial charge in [-0.2, -0.15) is 0 Å². The topological polar surface area (TPSA) is 112 Å². The van der Waals surface area contributed by atoms with E-state index < -0.39 is 11.2 Å². The van der Waals surface area contributed by atoms with E-state index in [1.807, 2.05) is 4.98 Å². The van der Waals surface area contributed by atoms with E-state index in [1.54, 1.807) is 4.90 Å². The lowest BCUT2D eigenvalue weighted by Gasteiger charge is -2.36. The Morgan fingerprint density at radius 3 is 2.71 bits per heavy atom. The minimum Gasteiger partial charge on any atom is -0.392 e. The van der Waals surface area contributed by atoms with Gasteiger partial charge in [-0.25, -0.2) is 4.79 Å². The highest BCUT2D eigenvalue weighted by atomic mass is 16.2. The number of aromatic amines is 2. The van der Waals surface area contributed by atoms with Crippen molar-refractivity contribution in [1.29, 1.82) is 0 Å². The molecule has 1 aliphatic rings. The monoisotopic (exact) mass is 294 g/mol. The van der Waals surface area contributed by atoms with Crippen LogP contribution in [0.1, 0.15) is 50.0 Å². The van der Waals surface area contributed by atoms with Gasteiger partial charge in [0.1, 0.15) is 11.4 Å². The summed E-state index contributed by atoms with van der Waals surface area (Å²) in [5.41, 5.74) is 3.88. The number of aromatic nitrogens is 2. The maximum absolute atomic E-state index is 12.6. The highest BCUT2D eigenvalue weighted by Crippen LogP contribution is 2.24. The van der Waals surface area contributed by atoms with Crippen LogP contribution >= 0.6 is 0 Å². The second-order valence-electron chi connectivity index (χ2n) is 5.97. The maximum atomic E-state index is 12.6. The number of nitrogens with two attached hydrogens (primary N) is 1. The second-order valence-corrected chi connectivity index (χ2v) is 5.97. The maximum Gasteiger partial charge on any atom is 0.326 e. The van der Waals surface area contributed by atoms with Crippen molar-refractivity contribution in [2.24, 2.45) is 5.92 Å². The highest BCUT2D eigenvalue weighted by molar-refractivity contribution is 5.97. The summed E-state index contributed by atoms with van der Waals surface area (Å²) in [7, 11) is 0. The number of carbonyl (C=O) groups is 1. The van der Waals surface area contributed by atoms with E-state index in [4.69, 9.17) is 5.73 Å². The molecule has 21 heavy (non-hydrogen) atoms. The number of likely N-dealkylation sites (tertiary alicyclic amines) is 1. The fourth-order valence-corrected chi connectivity index (χ4v) is 2.87. The predicted molar refractivity (Wildman–Crippen MR) is 80.2 cm³/mol. The van der Waals surface area contributed by atoms with Crippen molar-refractivity contribution in [2.45, 2.75) is 45.6 Å². The lowest BCUT2D eigenvalue weighted by Crippen LogP contribution is -2.46. The molecule has 0 bridgehead atoms. The number of piperidine rings is 1. The fraction of sp³-hybridized carbons (Fsp3) is 0.643. The van der Waals surface area contributed by atoms with Crippen LogP contribution in [0.4, 0.5) is 5.69 Å². The Labute approximate surface area is 122 Å². The van der Waals surface area contributed by atoms with Crippen LogP contribution in [0.5, 0.6) is 0 Å². The van der Waals surface area contributed by atoms with Crippen LogP contribution in [-0.4, -0.2) is 33.4 Å². The predicted octanol–water partition coefficient (Wildman–Crippen LogP) is 0.686. The molecule has 2 rings (SSSR count). The molecule has 1 aromatic rings. The van der Waals surface area contributed by atoms with Gasteiger partial charge < -0.3 is 15.6 Å². The minimum absolute atomic E-state index is 0.0978. The fourth-order valence-electron chi connectivity index (χ4n) is 2.87. The summed E-state index contributed by atoms with van der Waals surface area (Å²) in [5, 5.41) is 0. The molecule has 0 saturated carbocycles. The van der Waals surface area contributed by atoms with E-state index in [1.165, 1.54) is 0 Å². The van der Waals surface area contributed by atoms with E-state index in [9.17, 15) is 14.4 Å². The summed E-state index contributed by atoms with van der Waals surface area (Å²) in [6, 6.07) is 0.133. The minimum atomic E-state index is -0.723. The van der Waals surface area contributed by atoms with Gasteiger partial charge in [0.2, 0.25) is 0 Å². The molecule has 4 N–H and O–H groups in total. The summed E-state index contributed by atoms with van der Waals surface area (Å²) in [6.07, 6.45) is 3.85. The molecule has 0 spiro atoms. The van der Waals surface area contributed by atoms with E-state index in [0.717, 1.165) is 25.7 Å². The molecule has 116 valence electrons. The first-order chi connectivity index (χ1) is 9.90. The summed E-state index contributed by atoms with van der Waals surface area (Å²) in [6.45, 7) is 4.85. The molecular formula is C14H22N4O3. The molecule has 1 atom stereocenters. The Kier molecular flexibility index (Phi) is 4.50. The Morgan fingerprint density at radius 1 is 1.33 bits per heavy atom. The SMILES string of the molecule is CC(C)C[C@H]1CCCCN1C(=O)c1[nH]c(=O)[nH]c(=O)c1N. The molecule has 0 radical (unpaired) electrons. The van der Waals surface area contributed by atoms with Crippen LogP contribution in [0.2, 0.25) is 0 Å². The van der Waals surface area contributed by atoms with Crippen LogP contribution in [0, 0.1) is 5.92 Å². The van der Waals surface area contributed by atoms with Gasteiger partial charge in [0.05, 0.1) is 0 Å². The Hall–Kier alpha value is -2.05. The number of carbonyl (C=O) groups excluding carboxylic acids is 1. The van der Waals surface area contributed by atoms with Crippen molar-refractivity contribution in [3.63, 3.8) is 0 Å². The van der Waals surface area contributed by atoms with Crippen LogP contribution < -0.4 is 17.0 Å². The smallest absolute Gasteiger partial charge is 0.326 e. The number of nitrogens with zero attached hydrogens (tertiary/aromatic N) is 1. The van der Waals surface area contributed by atoms with Gasteiger partial charge in [-0.3, -0.25) is 14.6 Å². The average Bonchev–Trinajstić information content (AvgIpc) is 2.42. The third kappa shape index (κ3) is 3.34. The zero-order valence-electron chi connectivity index (χ0n) is 12.4. The molecule has 1 saturated heterocycles. The molecule has 1 aliphatic heterocycles. The van der Waals surface area contributed by atoms with Gasteiger partial charge in [0, 0.05) is 12.6 Å². The highest BCUT2D eigenvalue weighted by Gasteiger charge is 2.30. The van der Waals surface area contributed by atoms with Crippen LogP contribution in [0.25, 0.3) is 0 Å². The lowest BCUT2D eigenvalue weighted by molar-refractivity contribution is 0.0578. The van der Waals surface area contributed by atoms with Gasteiger partial charge in [-0.05, 0) is 31.6 Å². The molecule has 0 aliphatic carbocycles. The summed E-state index contributed by atoms with van der Waals surface area (Å²) >= 11 is 0. The molecule has 0 unspecified atom stereocenters. The number of amides is 1. The largest absolute Gasteiger partial charge is 0.392 e. The third-order valence-electron chi connectivity index (χ3n) is 3.82. The number of anilines is 1. The van der Waals surface area contributed by atoms with Crippen molar-refractivity contribution < 1.29 is 4.79 Å². The average molecular weight is 294 g/mol. The number of rotatable bonds is 3. The number of nitrogen functional groups attached to an aromatic ring is 1. The van der Waals surface area contributed by atoms with E-state index in [2.05, 4.69) is 18.8 Å². The van der Waals surface area contributed by atoms with E-state index in [0.29, 0.717) is 12.5 Å². The van der Waals surface area contributed by atoms with Gasteiger partial charge in [-0.1, -0.05) is 13.8 Å². The number of hydrogen-bond donors (Lipinski definition) is 3. The van der Waals surface area contributed by atoms with Gasteiger partial charge >= 0.3 is 5.69 Å². The first-order valence-corrected chi connectivity index (χ1v) is 7.33. The summed E-state index contributed by atoms with van der Waals surface area (Å²) in [4.78, 5) is 41.7. The molecule has 7 nitrogen and oxygen atoms in total. The van der Waals surface area contributed by atoms with Gasteiger partial charge in [-0.15, -0.1) is 0 Å². The molecule has 0 aromatic carbocycles. The Morgan fingerprint density at radius 2 is 2.05 bits per heavy atom. The number of H-pyrrole nitrogens is 2. The second kappa shape index (κ2) is 6.15. The van der Waals surface area contributed by atoms with Crippen LogP contribution in [-0.2, 0) is 0 Å². The summed E-state index contributed by atoms with van der Waals surface area (Å²) in [5.74, 6) is 0.111. The third-order valence-corrected chi connectivity index (χ3v) is 3.82. The van der Waals surface area contributed by atoms with Crippen LogP contribution in [0.3, 0.4) is 0 Å². The van der Waals surface area contributed by atoms with Crippen molar-refractivity contribution in [3.8, 4) is 0 Å². The van der Waals surface area contributed by atoms with Crippen molar-refractivity contribution in [3.05, 3.63) is 26.5 Å². The number of hydrogen-bond acceptors (Lipinski definition) is 4. The lowest BCUT2D eigenvalue weighted by atomic mass is 9.93. The number of nitrogens with one attached hydrogen (secondary N) is 2. The normalized spacial score (nSPS) is 19.0. The van der Waals surface area contributed by atoms with Crippen molar-refractivity contribution in [1.82, 2.24) is 14.9 Å². The van der Waals surface area contributed by atoms with Crippen molar-refractivity contribution >= 4 is 11.6 Å². The van der Waals surface area contributed by atoms with E-state index >= 15 is 0 Å². The van der Waals surface area contributed by atoms with Gasteiger partial charge in [0.15, 0.2) is 0 Å². The molecule has 7 heteroatoms.